The van der Waals surface area contributed by atoms with Gasteiger partial charge in [0.1, 0.15) is 17.2 Å². The van der Waals surface area contributed by atoms with E-state index in [2.05, 4.69) is 173 Å². The zero-order valence-corrected chi connectivity index (χ0v) is 28.5. The zero-order chi connectivity index (χ0) is 34.6. The van der Waals surface area contributed by atoms with Gasteiger partial charge in [0.2, 0.25) is 0 Å². The van der Waals surface area contributed by atoms with Crippen molar-refractivity contribution in [1.82, 2.24) is 9.13 Å². The Morgan fingerprint density at radius 3 is 1.53 bits per heavy atom. The van der Waals surface area contributed by atoms with Crippen LogP contribution in [0.25, 0.3) is 77.2 Å². The molecule has 12 rings (SSSR count). The minimum absolute atomic E-state index is 0.261. The molecule has 0 spiro atoms. The maximum absolute atomic E-state index is 6.89. The summed E-state index contributed by atoms with van der Waals surface area (Å²) in [7, 11) is 0. The van der Waals surface area contributed by atoms with Crippen LogP contribution in [0.2, 0.25) is 0 Å². The SMILES string of the molecule is c1ccc2c(c1)Oc1cc(-c3ccc(-n4c5ccccc5c5ccccc54)cc3)cc3c1B2Oc1ccc(-n2c4ccccc4c4ccccc42)cc1-3. The fourth-order valence-corrected chi connectivity index (χ4v) is 8.86. The van der Waals surface area contributed by atoms with Crippen LogP contribution in [0.5, 0.6) is 17.2 Å². The molecule has 2 aliphatic rings. The highest BCUT2D eigenvalue weighted by molar-refractivity contribution is 6.84. The minimum Gasteiger partial charge on any atom is -0.551 e. The van der Waals surface area contributed by atoms with Crippen LogP contribution in [-0.2, 0) is 0 Å². The van der Waals surface area contributed by atoms with Crippen LogP contribution in [0.15, 0.2) is 176 Å². The molecular weight excluding hydrogens is 647 g/mol. The molecule has 5 heteroatoms. The molecule has 10 aromatic rings. The molecule has 2 aliphatic heterocycles. The summed E-state index contributed by atoms with van der Waals surface area (Å²) < 4.78 is 18.3. The predicted molar refractivity (Wildman–Crippen MR) is 218 cm³/mol. The van der Waals surface area contributed by atoms with Gasteiger partial charge in [-0.2, -0.15) is 0 Å². The molecular formula is C48H29BN2O2. The first kappa shape index (κ1) is 28.7. The Morgan fingerprint density at radius 2 is 0.906 bits per heavy atom. The van der Waals surface area contributed by atoms with Crippen molar-refractivity contribution in [2.45, 2.75) is 0 Å². The molecule has 53 heavy (non-hydrogen) atoms. The fraction of sp³-hybridized carbons (Fsp3) is 0. The van der Waals surface area contributed by atoms with Gasteiger partial charge in [-0.05, 0) is 89.5 Å². The summed E-state index contributed by atoms with van der Waals surface area (Å²) in [6, 6.07) is 62.9. The third kappa shape index (κ3) is 4.07. The molecule has 0 radical (unpaired) electrons. The van der Waals surface area contributed by atoms with Gasteiger partial charge in [0.25, 0.3) is 0 Å². The van der Waals surface area contributed by atoms with Gasteiger partial charge in [0.05, 0.1) is 22.1 Å². The lowest BCUT2D eigenvalue weighted by Crippen LogP contribution is -2.53. The van der Waals surface area contributed by atoms with E-state index >= 15 is 0 Å². The van der Waals surface area contributed by atoms with Crippen LogP contribution in [0.4, 0.5) is 0 Å². The molecule has 246 valence electrons. The first-order chi connectivity index (χ1) is 26.3. The van der Waals surface area contributed by atoms with Crippen molar-refractivity contribution in [3.8, 4) is 50.9 Å². The van der Waals surface area contributed by atoms with E-state index in [-0.39, 0.29) is 6.92 Å². The molecule has 4 nitrogen and oxygen atoms in total. The molecule has 0 unspecified atom stereocenters. The largest absolute Gasteiger partial charge is 0.551 e. The number of benzene rings is 8. The van der Waals surface area contributed by atoms with Gasteiger partial charge in [0.15, 0.2) is 0 Å². The topological polar surface area (TPSA) is 28.3 Å². The molecule has 0 N–H and O–H groups in total. The summed E-state index contributed by atoms with van der Waals surface area (Å²) in [5.74, 6) is 2.54. The lowest BCUT2D eigenvalue weighted by Gasteiger charge is -2.33. The quantitative estimate of drug-likeness (QED) is 0.174. The van der Waals surface area contributed by atoms with Gasteiger partial charge in [0, 0.05) is 49.4 Å². The second-order valence-electron chi connectivity index (χ2n) is 14.0. The molecule has 0 aliphatic carbocycles. The van der Waals surface area contributed by atoms with Crippen LogP contribution in [-0.4, -0.2) is 16.0 Å². The number of nitrogens with zero attached hydrogens (tertiary/aromatic N) is 2. The Bertz CT molecular complexity index is 3030. The van der Waals surface area contributed by atoms with Crippen LogP contribution >= 0.6 is 0 Å². The highest BCUT2D eigenvalue weighted by atomic mass is 16.5. The number of hydrogen-bond acceptors (Lipinski definition) is 2. The van der Waals surface area contributed by atoms with E-state index in [0.717, 1.165) is 61.8 Å². The standard InChI is InChI=1S/C48H29BN2O2/c1-6-16-41-34(11-1)35-12-2-7-17-42(35)50(41)32-23-21-30(22-24-32)31-27-39-38-29-33(51-43-18-8-3-13-36(43)37-14-4-9-19-44(37)51)25-26-45(38)53-49-40-15-5-10-20-46(40)52-47(28-31)48(39)49/h1-29H. The highest BCUT2D eigenvalue weighted by Gasteiger charge is 2.41. The number of para-hydroxylation sites is 5. The molecule has 0 bridgehead atoms. The lowest BCUT2D eigenvalue weighted by molar-refractivity contribution is 0.479. The summed E-state index contributed by atoms with van der Waals surface area (Å²) >= 11 is 0. The molecule has 8 aromatic carbocycles. The number of aromatic nitrogens is 2. The Morgan fingerprint density at radius 1 is 0.377 bits per heavy atom. The van der Waals surface area contributed by atoms with E-state index in [4.69, 9.17) is 9.39 Å². The molecule has 2 aromatic heterocycles. The third-order valence-electron chi connectivity index (χ3n) is 11.2. The van der Waals surface area contributed by atoms with Crippen molar-refractivity contribution in [2.24, 2.45) is 0 Å². The van der Waals surface area contributed by atoms with Crippen molar-refractivity contribution < 1.29 is 9.39 Å². The zero-order valence-electron chi connectivity index (χ0n) is 28.5. The Kier molecular flexibility index (Phi) is 5.83. The lowest BCUT2D eigenvalue weighted by atomic mass is 9.50. The van der Waals surface area contributed by atoms with Crippen molar-refractivity contribution in [2.75, 3.05) is 0 Å². The summed E-state index contributed by atoms with van der Waals surface area (Å²) in [6.07, 6.45) is 0. The van der Waals surface area contributed by atoms with Crippen molar-refractivity contribution in [3.63, 3.8) is 0 Å². The molecule has 0 atom stereocenters. The van der Waals surface area contributed by atoms with Gasteiger partial charge in [-0.15, -0.1) is 0 Å². The third-order valence-corrected chi connectivity index (χ3v) is 11.2. The Labute approximate surface area is 305 Å². The average molecular weight is 677 g/mol. The molecule has 0 saturated carbocycles. The van der Waals surface area contributed by atoms with Crippen molar-refractivity contribution in [3.05, 3.63) is 176 Å². The fourth-order valence-electron chi connectivity index (χ4n) is 8.86. The monoisotopic (exact) mass is 676 g/mol. The first-order valence-electron chi connectivity index (χ1n) is 18.1. The van der Waals surface area contributed by atoms with E-state index in [1.54, 1.807) is 0 Å². The second kappa shape index (κ2) is 10.8. The van der Waals surface area contributed by atoms with E-state index in [0.29, 0.717) is 0 Å². The molecule has 4 heterocycles. The van der Waals surface area contributed by atoms with Crippen LogP contribution in [0.3, 0.4) is 0 Å². The molecule has 0 saturated heterocycles. The van der Waals surface area contributed by atoms with Gasteiger partial charge in [-0.25, -0.2) is 0 Å². The van der Waals surface area contributed by atoms with E-state index in [1.165, 1.54) is 43.6 Å². The number of ether oxygens (including phenoxy) is 1. The summed E-state index contributed by atoms with van der Waals surface area (Å²) in [5, 5.41) is 5.00. The predicted octanol–water partition coefficient (Wildman–Crippen LogP) is 10.8. The van der Waals surface area contributed by atoms with E-state index in [9.17, 15) is 0 Å². The Hall–Kier alpha value is -6.98. The summed E-state index contributed by atoms with van der Waals surface area (Å²) in [5.41, 5.74) is 13.5. The van der Waals surface area contributed by atoms with Crippen LogP contribution < -0.4 is 20.3 Å². The number of hydrogen-bond donors (Lipinski definition) is 0. The van der Waals surface area contributed by atoms with Gasteiger partial charge >= 0.3 is 6.92 Å². The first-order valence-corrected chi connectivity index (χ1v) is 18.1. The van der Waals surface area contributed by atoms with Gasteiger partial charge < -0.3 is 18.5 Å². The molecule has 0 amide bonds. The number of fused-ring (bicyclic) bond motifs is 10. The minimum atomic E-state index is -0.261. The van der Waals surface area contributed by atoms with Gasteiger partial charge in [-0.3, -0.25) is 0 Å². The van der Waals surface area contributed by atoms with E-state index in [1.807, 2.05) is 12.1 Å². The van der Waals surface area contributed by atoms with Crippen molar-refractivity contribution >= 4 is 61.5 Å². The average Bonchev–Trinajstić information content (AvgIpc) is 3.74. The van der Waals surface area contributed by atoms with Gasteiger partial charge in [-0.1, -0.05) is 103 Å². The molecule has 0 fully saturated rings. The second-order valence-corrected chi connectivity index (χ2v) is 14.0. The summed E-state index contributed by atoms with van der Waals surface area (Å²) in [4.78, 5) is 0. The van der Waals surface area contributed by atoms with Crippen LogP contribution in [0, 0.1) is 0 Å². The maximum Gasteiger partial charge on any atom is 0.434 e. The highest BCUT2D eigenvalue weighted by Crippen LogP contribution is 2.43. The Balaban J connectivity index is 1.04. The van der Waals surface area contributed by atoms with Crippen molar-refractivity contribution in [1.29, 1.82) is 0 Å². The van der Waals surface area contributed by atoms with E-state index < -0.39 is 0 Å². The normalized spacial score (nSPS) is 12.8. The van der Waals surface area contributed by atoms with Crippen LogP contribution in [0.1, 0.15) is 0 Å². The smallest absolute Gasteiger partial charge is 0.434 e. The number of rotatable bonds is 3. The summed E-state index contributed by atoms with van der Waals surface area (Å²) in [6.45, 7) is -0.261. The maximum atomic E-state index is 6.89.